The van der Waals surface area contributed by atoms with Crippen LogP contribution in [0.3, 0.4) is 0 Å². The molecular weight excluding hydrogens is 310 g/mol. The van der Waals surface area contributed by atoms with Gasteiger partial charge in [0.05, 0.1) is 0 Å². The normalized spacial score (nSPS) is 25.4. The van der Waals surface area contributed by atoms with Crippen LogP contribution in [-0.4, -0.2) is 31.5 Å². The van der Waals surface area contributed by atoms with E-state index in [-0.39, 0.29) is 0 Å². The fourth-order valence-electron chi connectivity index (χ4n) is 4.13. The van der Waals surface area contributed by atoms with Gasteiger partial charge in [-0.2, -0.15) is 0 Å². The molecule has 1 aromatic rings. The fraction of sp³-hybridized carbons (Fsp3) is 0.727. The van der Waals surface area contributed by atoms with Crippen LogP contribution in [0.4, 0.5) is 0 Å². The van der Waals surface area contributed by atoms with Crippen molar-refractivity contribution in [1.29, 1.82) is 0 Å². The van der Waals surface area contributed by atoms with Crippen LogP contribution < -0.4 is 5.73 Å². The minimum atomic E-state index is 0.420. The van der Waals surface area contributed by atoms with Crippen LogP contribution >= 0.6 is 0 Å². The van der Waals surface area contributed by atoms with E-state index in [0.29, 0.717) is 17.9 Å². The Morgan fingerprint density at radius 2 is 1.96 bits per heavy atom. The zero-order valence-electron chi connectivity index (χ0n) is 16.3. The molecular formula is C22H37NO2. The number of aryl methyl sites for hydroxylation is 1. The molecule has 3 heteroatoms. The van der Waals surface area contributed by atoms with Crippen molar-refractivity contribution in [3.63, 3.8) is 0 Å². The summed E-state index contributed by atoms with van der Waals surface area (Å²) in [6.45, 7) is 6.37. The lowest BCUT2D eigenvalue weighted by Crippen LogP contribution is -2.20. The highest BCUT2D eigenvalue weighted by molar-refractivity contribution is 5.36. The lowest BCUT2D eigenvalue weighted by molar-refractivity contribution is 0.0865. The highest BCUT2D eigenvalue weighted by atomic mass is 16.5. The molecule has 1 saturated carbocycles. The Morgan fingerprint density at radius 3 is 2.64 bits per heavy atom. The maximum atomic E-state index is 7.00. The number of rotatable bonds is 6. The van der Waals surface area contributed by atoms with Gasteiger partial charge in [-0.1, -0.05) is 32.0 Å². The third-order valence-electron chi connectivity index (χ3n) is 5.70. The number of hydrogen-bond acceptors (Lipinski definition) is 3. The summed E-state index contributed by atoms with van der Waals surface area (Å²) < 4.78 is 5.90. The van der Waals surface area contributed by atoms with E-state index in [4.69, 9.17) is 15.6 Å². The van der Waals surface area contributed by atoms with Crippen LogP contribution in [0.1, 0.15) is 68.6 Å². The minimum Gasteiger partial charge on any atom is -0.400 e. The second-order valence-electron chi connectivity index (χ2n) is 8.16. The number of nitrogens with two attached hydrogens (primary N) is 1. The van der Waals surface area contributed by atoms with Crippen LogP contribution in [0.5, 0.6) is 0 Å². The molecule has 0 aliphatic heterocycles. The second kappa shape index (κ2) is 10.3. The molecule has 3 rings (SSSR count). The second-order valence-corrected chi connectivity index (χ2v) is 8.16. The predicted octanol–water partition coefficient (Wildman–Crippen LogP) is 4.06. The van der Waals surface area contributed by atoms with Gasteiger partial charge in [-0.15, -0.1) is 0 Å². The average molecular weight is 348 g/mol. The maximum Gasteiger partial charge on any atom is 0.0497 e. The molecule has 0 aromatic heterocycles. The molecule has 3 nitrogen and oxygen atoms in total. The molecule has 2 aliphatic carbocycles. The fourth-order valence-corrected chi connectivity index (χ4v) is 4.13. The van der Waals surface area contributed by atoms with Gasteiger partial charge >= 0.3 is 0 Å². The van der Waals surface area contributed by atoms with Crippen molar-refractivity contribution >= 4 is 0 Å². The number of aliphatic hydroxyl groups is 1. The number of ether oxygens (including phenoxy) is 1. The van der Waals surface area contributed by atoms with Crippen LogP contribution in [0, 0.1) is 11.8 Å². The molecule has 0 spiro atoms. The van der Waals surface area contributed by atoms with E-state index >= 15 is 0 Å². The zero-order chi connectivity index (χ0) is 18.2. The SMILES string of the molecule is CC(C)CCOCC1CCc2cc(C3CCC(N)C3)ccc2C1.CO. The summed E-state index contributed by atoms with van der Waals surface area (Å²) in [6.07, 6.45) is 8.51. The lowest BCUT2D eigenvalue weighted by Gasteiger charge is -2.26. The third-order valence-corrected chi connectivity index (χ3v) is 5.70. The van der Waals surface area contributed by atoms with Crippen molar-refractivity contribution < 1.29 is 9.84 Å². The molecule has 3 unspecified atom stereocenters. The highest BCUT2D eigenvalue weighted by Gasteiger charge is 2.25. The minimum absolute atomic E-state index is 0.420. The summed E-state index contributed by atoms with van der Waals surface area (Å²) in [5, 5.41) is 7.00. The monoisotopic (exact) mass is 347 g/mol. The average Bonchev–Trinajstić information content (AvgIpc) is 3.06. The Morgan fingerprint density at radius 1 is 1.16 bits per heavy atom. The van der Waals surface area contributed by atoms with Gasteiger partial charge in [0.25, 0.3) is 0 Å². The van der Waals surface area contributed by atoms with Crippen LogP contribution in [-0.2, 0) is 17.6 Å². The van der Waals surface area contributed by atoms with Crippen molar-refractivity contribution in [2.45, 2.75) is 70.8 Å². The molecule has 3 N–H and O–H groups in total. The van der Waals surface area contributed by atoms with Gasteiger partial charge in [0, 0.05) is 26.4 Å². The third kappa shape index (κ3) is 6.09. The Labute approximate surface area is 154 Å². The van der Waals surface area contributed by atoms with Crippen molar-refractivity contribution in [3.8, 4) is 0 Å². The first kappa shape index (κ1) is 20.4. The summed E-state index contributed by atoms with van der Waals surface area (Å²) in [4.78, 5) is 0. The number of aliphatic hydroxyl groups excluding tert-OH is 1. The van der Waals surface area contributed by atoms with Gasteiger partial charge in [0.2, 0.25) is 0 Å². The van der Waals surface area contributed by atoms with E-state index in [1.165, 1.54) is 50.5 Å². The molecule has 0 saturated heterocycles. The smallest absolute Gasteiger partial charge is 0.0497 e. The van der Waals surface area contributed by atoms with E-state index in [9.17, 15) is 0 Å². The van der Waals surface area contributed by atoms with Crippen molar-refractivity contribution in [1.82, 2.24) is 0 Å². The summed E-state index contributed by atoms with van der Waals surface area (Å²) in [6, 6.07) is 7.65. The molecule has 142 valence electrons. The van der Waals surface area contributed by atoms with E-state index < -0.39 is 0 Å². The molecule has 0 heterocycles. The van der Waals surface area contributed by atoms with E-state index in [1.54, 1.807) is 11.1 Å². The Balaban J connectivity index is 0.00000109. The molecule has 25 heavy (non-hydrogen) atoms. The molecule has 2 aliphatic rings. The number of hydrogen-bond donors (Lipinski definition) is 2. The molecule has 1 fully saturated rings. The molecule has 0 bridgehead atoms. The van der Waals surface area contributed by atoms with Gasteiger partial charge in [-0.05, 0) is 79.4 Å². The van der Waals surface area contributed by atoms with E-state index in [2.05, 4.69) is 32.0 Å². The van der Waals surface area contributed by atoms with E-state index in [1.807, 2.05) is 0 Å². The Bertz CT molecular complexity index is 515. The first-order chi connectivity index (χ1) is 12.1. The first-order valence-corrected chi connectivity index (χ1v) is 10.0. The van der Waals surface area contributed by atoms with Gasteiger partial charge in [-0.25, -0.2) is 0 Å². The summed E-state index contributed by atoms with van der Waals surface area (Å²) >= 11 is 0. The maximum absolute atomic E-state index is 7.00. The number of fused-ring (bicyclic) bond motifs is 1. The van der Waals surface area contributed by atoms with E-state index in [0.717, 1.165) is 26.2 Å². The predicted molar refractivity (Wildman–Crippen MR) is 105 cm³/mol. The molecule has 1 aromatic carbocycles. The highest BCUT2D eigenvalue weighted by Crippen LogP contribution is 2.36. The Hall–Kier alpha value is -0.900. The number of benzene rings is 1. The van der Waals surface area contributed by atoms with Crippen molar-refractivity contribution in [2.24, 2.45) is 17.6 Å². The lowest BCUT2D eigenvalue weighted by atomic mass is 9.82. The topological polar surface area (TPSA) is 55.5 Å². The van der Waals surface area contributed by atoms with Gasteiger partial charge in [0.1, 0.15) is 0 Å². The largest absolute Gasteiger partial charge is 0.400 e. The molecule has 0 amide bonds. The van der Waals surface area contributed by atoms with Crippen molar-refractivity contribution in [3.05, 3.63) is 34.9 Å². The summed E-state index contributed by atoms with van der Waals surface area (Å²) in [5.74, 6) is 2.15. The van der Waals surface area contributed by atoms with Crippen LogP contribution in [0.2, 0.25) is 0 Å². The summed E-state index contributed by atoms with van der Waals surface area (Å²) in [5.41, 5.74) is 10.8. The zero-order valence-corrected chi connectivity index (χ0v) is 16.3. The van der Waals surface area contributed by atoms with Crippen molar-refractivity contribution in [2.75, 3.05) is 20.3 Å². The van der Waals surface area contributed by atoms with Gasteiger partial charge < -0.3 is 15.6 Å². The standard InChI is InChI=1S/C21H33NO.CH4O/c1-15(2)9-10-23-14-16-3-4-18-12-19(6-5-17(18)11-16)20-7-8-21(22)13-20;1-2/h5-6,12,15-16,20-21H,3-4,7-11,13-14,22H2,1-2H3;2H,1H3. The molecule has 0 radical (unpaired) electrons. The summed E-state index contributed by atoms with van der Waals surface area (Å²) in [7, 11) is 1.00. The first-order valence-electron chi connectivity index (χ1n) is 10.0. The molecule has 3 atom stereocenters. The quantitative estimate of drug-likeness (QED) is 0.763. The van der Waals surface area contributed by atoms with Gasteiger partial charge in [-0.3, -0.25) is 0 Å². The van der Waals surface area contributed by atoms with Gasteiger partial charge in [0.15, 0.2) is 0 Å². The van der Waals surface area contributed by atoms with Crippen LogP contribution in [0.15, 0.2) is 18.2 Å². The Kier molecular flexibility index (Phi) is 8.41. The van der Waals surface area contributed by atoms with Crippen LogP contribution in [0.25, 0.3) is 0 Å².